The number of nitrogens with one attached hydrogen (secondary N) is 1. The summed E-state index contributed by atoms with van der Waals surface area (Å²) >= 11 is 8.69. The Morgan fingerprint density at radius 1 is 1.42 bits per heavy atom. The van der Waals surface area contributed by atoms with E-state index in [1.807, 2.05) is 6.26 Å². The van der Waals surface area contributed by atoms with Crippen molar-refractivity contribution in [2.45, 2.75) is 30.6 Å². The van der Waals surface area contributed by atoms with Crippen molar-refractivity contribution in [3.05, 3.63) is 28.8 Å². The topological polar surface area (TPSA) is 92.3 Å². The summed E-state index contributed by atoms with van der Waals surface area (Å²) in [6.45, 7) is 3.51. The average Bonchev–Trinajstić information content (AvgIpc) is 3.01. The number of sulfonamides is 1. The Kier molecular flexibility index (Phi) is 6.89. The molecule has 0 spiro atoms. The molecule has 26 heavy (non-hydrogen) atoms. The van der Waals surface area contributed by atoms with E-state index in [2.05, 4.69) is 15.5 Å². The van der Waals surface area contributed by atoms with Gasteiger partial charge < -0.3 is 0 Å². The molecule has 0 saturated heterocycles. The third-order valence-corrected chi connectivity index (χ3v) is 6.76. The van der Waals surface area contributed by atoms with Gasteiger partial charge in [0, 0.05) is 5.02 Å². The molecular weight excluding hydrogens is 416 g/mol. The van der Waals surface area contributed by atoms with Crippen LogP contribution in [0.3, 0.4) is 0 Å². The molecule has 2 aromatic rings. The van der Waals surface area contributed by atoms with Crippen LogP contribution in [0.4, 0.5) is 10.8 Å². The molecule has 1 amide bonds. The number of hydrogen-bond donors (Lipinski definition) is 1. The van der Waals surface area contributed by atoms with Crippen molar-refractivity contribution in [3.63, 3.8) is 0 Å². The first-order chi connectivity index (χ1) is 12.2. The van der Waals surface area contributed by atoms with Gasteiger partial charge in [-0.2, -0.15) is 0 Å². The van der Waals surface area contributed by atoms with Crippen LogP contribution in [0.15, 0.2) is 22.5 Å². The van der Waals surface area contributed by atoms with Gasteiger partial charge in [0.05, 0.1) is 11.9 Å². The van der Waals surface area contributed by atoms with Crippen LogP contribution in [-0.2, 0) is 14.8 Å². The van der Waals surface area contributed by atoms with Crippen molar-refractivity contribution < 1.29 is 13.2 Å². The fourth-order valence-corrected chi connectivity index (χ4v) is 4.99. The normalized spacial score (nSPS) is 12.7. The summed E-state index contributed by atoms with van der Waals surface area (Å²) < 4.78 is 26.8. The summed E-state index contributed by atoms with van der Waals surface area (Å²) in [4.78, 5) is 12.8. The van der Waals surface area contributed by atoms with Crippen LogP contribution in [0.2, 0.25) is 5.02 Å². The van der Waals surface area contributed by atoms with Crippen molar-refractivity contribution in [2.24, 2.45) is 0 Å². The van der Waals surface area contributed by atoms with Gasteiger partial charge in [-0.15, -0.1) is 10.2 Å². The third-order valence-electron chi connectivity index (χ3n) is 3.55. The van der Waals surface area contributed by atoms with Gasteiger partial charge in [-0.1, -0.05) is 47.7 Å². The van der Waals surface area contributed by atoms with Crippen molar-refractivity contribution in [3.8, 4) is 0 Å². The van der Waals surface area contributed by atoms with E-state index in [0.717, 1.165) is 10.6 Å². The van der Waals surface area contributed by atoms with Gasteiger partial charge in [-0.3, -0.25) is 14.4 Å². The number of carbonyl (C=O) groups excluding carboxylic acids is 1. The van der Waals surface area contributed by atoms with Crippen LogP contribution in [-0.4, -0.2) is 43.1 Å². The summed E-state index contributed by atoms with van der Waals surface area (Å²) in [5.41, 5.74) is 1.08. The van der Waals surface area contributed by atoms with Gasteiger partial charge in [-0.25, -0.2) is 8.42 Å². The van der Waals surface area contributed by atoms with Crippen LogP contribution >= 0.6 is 34.7 Å². The van der Waals surface area contributed by atoms with Crippen molar-refractivity contribution >= 4 is 61.4 Å². The predicted molar refractivity (Wildman–Crippen MR) is 108 cm³/mol. The maximum absolute atomic E-state index is 12.8. The van der Waals surface area contributed by atoms with E-state index < -0.39 is 22.0 Å². The molecule has 1 N–H and O–H groups in total. The largest absolute Gasteiger partial charge is 0.299 e. The zero-order chi connectivity index (χ0) is 19.5. The minimum atomic E-state index is -3.73. The first kappa shape index (κ1) is 20.9. The van der Waals surface area contributed by atoms with E-state index in [1.54, 1.807) is 32.0 Å². The van der Waals surface area contributed by atoms with E-state index in [0.29, 0.717) is 25.7 Å². The van der Waals surface area contributed by atoms with Gasteiger partial charge in [0.1, 0.15) is 6.04 Å². The number of nitrogens with zero attached hydrogens (tertiary/aromatic N) is 3. The first-order valence-electron chi connectivity index (χ1n) is 7.61. The number of hydrogen-bond acceptors (Lipinski definition) is 7. The second kappa shape index (κ2) is 8.55. The molecule has 11 heteroatoms. The van der Waals surface area contributed by atoms with E-state index in [1.165, 1.54) is 23.1 Å². The lowest BCUT2D eigenvalue weighted by atomic mass is 10.1. The zero-order valence-electron chi connectivity index (χ0n) is 14.7. The van der Waals surface area contributed by atoms with E-state index in [-0.39, 0.29) is 6.42 Å². The van der Waals surface area contributed by atoms with Crippen LogP contribution in [0.5, 0.6) is 0 Å². The Morgan fingerprint density at radius 2 is 2.12 bits per heavy atom. The fraction of sp³-hybridized carbons (Fsp3) is 0.400. The number of halogens is 1. The smallest absolute Gasteiger partial charge is 0.250 e. The Balaban J connectivity index is 2.41. The molecule has 0 fully saturated rings. The van der Waals surface area contributed by atoms with Crippen molar-refractivity contribution in [2.75, 3.05) is 22.1 Å². The third kappa shape index (κ3) is 4.87. The quantitative estimate of drug-likeness (QED) is 0.530. The summed E-state index contributed by atoms with van der Waals surface area (Å²) in [5.74, 6) is -0.471. The molecule has 0 radical (unpaired) electrons. The van der Waals surface area contributed by atoms with Crippen LogP contribution in [0.25, 0.3) is 0 Å². The molecule has 1 aromatic carbocycles. The van der Waals surface area contributed by atoms with Gasteiger partial charge in [0.25, 0.3) is 0 Å². The van der Waals surface area contributed by atoms with E-state index >= 15 is 0 Å². The van der Waals surface area contributed by atoms with Crippen LogP contribution < -0.4 is 9.62 Å². The number of rotatable bonds is 7. The zero-order valence-corrected chi connectivity index (χ0v) is 17.9. The van der Waals surface area contributed by atoms with Crippen LogP contribution in [0.1, 0.15) is 18.9 Å². The molecular formula is C15H19ClN4O3S3. The van der Waals surface area contributed by atoms with Gasteiger partial charge in [-0.05, 0) is 37.3 Å². The van der Waals surface area contributed by atoms with Gasteiger partial charge >= 0.3 is 0 Å². The lowest BCUT2D eigenvalue weighted by molar-refractivity contribution is -0.117. The molecule has 0 aliphatic rings. The number of carbonyl (C=O) groups is 1. The number of aromatic nitrogens is 2. The number of aryl methyl sites for hydroxylation is 1. The minimum Gasteiger partial charge on any atom is -0.299 e. The fourth-order valence-electron chi connectivity index (χ4n) is 2.39. The highest BCUT2D eigenvalue weighted by Gasteiger charge is 2.33. The van der Waals surface area contributed by atoms with Crippen molar-refractivity contribution in [1.29, 1.82) is 0 Å². The first-order valence-corrected chi connectivity index (χ1v) is 11.9. The maximum atomic E-state index is 12.8. The number of amides is 1. The molecule has 1 aromatic heterocycles. The molecule has 0 saturated carbocycles. The Hall–Kier alpha value is -1.36. The monoisotopic (exact) mass is 434 g/mol. The lowest BCUT2D eigenvalue weighted by Crippen LogP contribution is -2.47. The molecule has 1 heterocycles. The molecule has 1 atom stereocenters. The standard InChI is InChI=1S/C15H19ClN4O3S3/c1-5-11(13(21)17-14-18-19-15(24-3)25-14)20(26(4,22)23)12-8-10(16)7-6-9(12)2/h6-8,11H,5H2,1-4H3,(H,17,18,21)/t11-/m1/s1. The summed E-state index contributed by atoms with van der Waals surface area (Å²) in [6, 6.07) is 4.00. The molecule has 7 nitrogen and oxygen atoms in total. The Bertz CT molecular complexity index is 901. The summed E-state index contributed by atoms with van der Waals surface area (Å²) in [7, 11) is -3.73. The molecule has 142 valence electrons. The molecule has 0 unspecified atom stereocenters. The second-order valence-corrected chi connectivity index (χ2v) is 9.81. The Morgan fingerprint density at radius 3 is 2.65 bits per heavy atom. The van der Waals surface area contributed by atoms with E-state index in [9.17, 15) is 13.2 Å². The Labute approximate surface area is 166 Å². The number of anilines is 2. The van der Waals surface area contributed by atoms with Crippen LogP contribution in [0, 0.1) is 6.92 Å². The summed E-state index contributed by atoms with van der Waals surface area (Å²) in [6.07, 6.45) is 3.20. The molecule has 0 aliphatic carbocycles. The highest BCUT2D eigenvalue weighted by Crippen LogP contribution is 2.30. The maximum Gasteiger partial charge on any atom is 0.250 e. The predicted octanol–water partition coefficient (Wildman–Crippen LogP) is 3.41. The highest BCUT2D eigenvalue weighted by atomic mass is 35.5. The number of thioether (sulfide) groups is 1. The van der Waals surface area contributed by atoms with Gasteiger partial charge in [0.15, 0.2) is 4.34 Å². The summed E-state index contributed by atoms with van der Waals surface area (Å²) in [5, 5.41) is 11.2. The van der Waals surface area contributed by atoms with E-state index in [4.69, 9.17) is 11.6 Å². The molecule has 0 aliphatic heterocycles. The van der Waals surface area contributed by atoms with Crippen molar-refractivity contribution in [1.82, 2.24) is 10.2 Å². The average molecular weight is 435 g/mol. The molecule has 2 rings (SSSR count). The highest BCUT2D eigenvalue weighted by molar-refractivity contribution is 8.00. The second-order valence-electron chi connectivity index (χ2n) is 5.48. The molecule has 0 bridgehead atoms. The minimum absolute atomic E-state index is 0.277. The SMILES string of the molecule is CC[C@H](C(=O)Nc1nnc(SC)s1)N(c1cc(Cl)ccc1C)S(C)(=O)=O. The number of benzene rings is 1. The van der Waals surface area contributed by atoms with Gasteiger partial charge in [0.2, 0.25) is 21.1 Å². The lowest BCUT2D eigenvalue weighted by Gasteiger charge is -2.31.